The van der Waals surface area contributed by atoms with Gasteiger partial charge >= 0.3 is 5.91 Å². The number of hydrogen-bond donors (Lipinski definition) is 2. The first kappa shape index (κ1) is 20.3. The van der Waals surface area contributed by atoms with Gasteiger partial charge in [-0.3, -0.25) is 4.79 Å². The molecule has 1 heterocycles. The summed E-state index contributed by atoms with van der Waals surface area (Å²) in [5.41, 5.74) is 2.92. The molecule has 0 bridgehead atoms. The lowest BCUT2D eigenvalue weighted by molar-refractivity contribution is 0.0923. The van der Waals surface area contributed by atoms with E-state index < -0.39 is 5.91 Å². The summed E-state index contributed by atoms with van der Waals surface area (Å²) in [6, 6.07) is 15.6. The zero-order valence-corrected chi connectivity index (χ0v) is 16.3. The Balaban J connectivity index is 1.57. The first-order valence-corrected chi connectivity index (χ1v) is 9.20. The maximum absolute atomic E-state index is 12.2. The number of carbonyl (C=O) groups is 1. The molecule has 150 valence electrons. The molecule has 3 aromatic rings. The van der Waals surface area contributed by atoms with Crippen molar-refractivity contribution in [3.05, 3.63) is 76.7 Å². The number of hydrogen-bond acceptors (Lipinski definition) is 6. The highest BCUT2D eigenvalue weighted by molar-refractivity contribution is 6.32. The summed E-state index contributed by atoms with van der Waals surface area (Å²) in [6.45, 7) is 2.36. The molecule has 0 spiro atoms. The first-order valence-electron chi connectivity index (χ1n) is 8.82. The third kappa shape index (κ3) is 5.52. The molecule has 8 heteroatoms. The number of aromatic hydroxyl groups is 1. The average Bonchev–Trinajstić information content (AvgIpc) is 3.20. The van der Waals surface area contributed by atoms with Gasteiger partial charge in [0, 0.05) is 0 Å². The molecule has 0 saturated carbocycles. The molecular weight excluding hydrogens is 396 g/mol. The van der Waals surface area contributed by atoms with E-state index in [-0.39, 0.29) is 28.9 Å². The van der Waals surface area contributed by atoms with Crippen LogP contribution in [0.1, 0.15) is 28.8 Å². The largest absolute Gasteiger partial charge is 0.503 e. The average molecular weight is 415 g/mol. The molecule has 0 saturated heterocycles. The van der Waals surface area contributed by atoms with Gasteiger partial charge in [-0.1, -0.05) is 29.8 Å². The Hall–Kier alpha value is -3.45. The summed E-state index contributed by atoms with van der Waals surface area (Å²) >= 11 is 5.96. The van der Waals surface area contributed by atoms with Crippen LogP contribution < -0.4 is 14.9 Å². The van der Waals surface area contributed by atoms with Crippen LogP contribution in [0.4, 0.5) is 0 Å². The van der Waals surface area contributed by atoms with E-state index >= 15 is 0 Å². The van der Waals surface area contributed by atoms with Gasteiger partial charge in [-0.25, -0.2) is 5.43 Å². The molecular formula is C21H19ClN2O5. The fraction of sp³-hybridized carbons (Fsp3) is 0.143. The van der Waals surface area contributed by atoms with Crippen LogP contribution in [0.15, 0.2) is 64.1 Å². The maximum Gasteiger partial charge on any atom is 0.307 e. The smallest absolute Gasteiger partial charge is 0.307 e. The van der Waals surface area contributed by atoms with E-state index in [9.17, 15) is 9.90 Å². The fourth-order valence-electron chi connectivity index (χ4n) is 2.40. The third-order valence-electron chi connectivity index (χ3n) is 3.74. The van der Waals surface area contributed by atoms with E-state index in [2.05, 4.69) is 10.5 Å². The molecule has 29 heavy (non-hydrogen) atoms. The zero-order chi connectivity index (χ0) is 20.6. The van der Waals surface area contributed by atoms with Gasteiger partial charge in [-0.15, -0.1) is 0 Å². The number of nitrogens with one attached hydrogen (secondary N) is 1. The van der Waals surface area contributed by atoms with Gasteiger partial charge in [0.15, 0.2) is 17.3 Å². The summed E-state index contributed by atoms with van der Waals surface area (Å²) in [5.74, 6) is 0.903. The van der Waals surface area contributed by atoms with Crippen molar-refractivity contribution in [3.63, 3.8) is 0 Å². The Bertz CT molecular complexity index is 1000. The number of nitrogens with zero attached hydrogens (tertiary/aromatic N) is 1. The summed E-state index contributed by atoms with van der Waals surface area (Å²) < 4.78 is 16.3. The van der Waals surface area contributed by atoms with Gasteiger partial charge in [0.1, 0.15) is 18.1 Å². The first-order chi connectivity index (χ1) is 14.1. The van der Waals surface area contributed by atoms with E-state index in [1.54, 1.807) is 25.1 Å². The van der Waals surface area contributed by atoms with Crippen LogP contribution in [0, 0.1) is 0 Å². The lowest BCUT2D eigenvalue weighted by atomic mass is 10.2. The fourth-order valence-corrected chi connectivity index (χ4v) is 2.62. The topological polar surface area (TPSA) is 93.3 Å². The quantitative estimate of drug-likeness (QED) is 0.421. The number of para-hydroxylation sites is 1. The molecule has 0 atom stereocenters. The normalized spacial score (nSPS) is 10.8. The lowest BCUT2D eigenvalue weighted by Crippen LogP contribution is -2.16. The third-order valence-corrected chi connectivity index (χ3v) is 4.03. The number of hydrazone groups is 1. The molecule has 1 aromatic heterocycles. The Morgan fingerprint density at radius 3 is 2.76 bits per heavy atom. The van der Waals surface area contributed by atoms with Gasteiger partial charge in [-0.2, -0.15) is 5.10 Å². The van der Waals surface area contributed by atoms with Crippen LogP contribution in [-0.4, -0.2) is 23.8 Å². The summed E-state index contributed by atoms with van der Waals surface area (Å²) in [5, 5.41) is 13.8. The van der Waals surface area contributed by atoms with Crippen LogP contribution >= 0.6 is 11.6 Å². The highest BCUT2D eigenvalue weighted by Gasteiger charge is 2.12. The Kier molecular flexibility index (Phi) is 6.76. The van der Waals surface area contributed by atoms with Gasteiger partial charge in [-0.05, 0) is 48.9 Å². The minimum Gasteiger partial charge on any atom is -0.503 e. The summed E-state index contributed by atoms with van der Waals surface area (Å²) in [6.07, 6.45) is 1.38. The van der Waals surface area contributed by atoms with E-state index in [0.29, 0.717) is 23.7 Å². The second-order valence-corrected chi connectivity index (χ2v) is 6.26. The number of phenols is 1. The van der Waals surface area contributed by atoms with Crippen molar-refractivity contribution in [3.8, 4) is 17.2 Å². The number of carbonyl (C=O) groups excluding carboxylic acids is 1. The van der Waals surface area contributed by atoms with Crippen LogP contribution in [-0.2, 0) is 6.61 Å². The molecule has 1 amide bonds. The van der Waals surface area contributed by atoms with Gasteiger partial charge in [0.25, 0.3) is 0 Å². The highest BCUT2D eigenvalue weighted by atomic mass is 35.5. The number of furan rings is 1. The predicted molar refractivity (Wildman–Crippen MR) is 109 cm³/mol. The molecule has 0 aliphatic carbocycles. The minimum atomic E-state index is -0.512. The Morgan fingerprint density at radius 2 is 2.00 bits per heavy atom. The highest BCUT2D eigenvalue weighted by Crippen LogP contribution is 2.34. The second-order valence-electron chi connectivity index (χ2n) is 5.85. The molecule has 7 nitrogen and oxygen atoms in total. The zero-order valence-electron chi connectivity index (χ0n) is 15.6. The predicted octanol–water partition coefficient (Wildman–Crippen LogP) is 4.38. The number of halogens is 1. The summed E-state index contributed by atoms with van der Waals surface area (Å²) in [4.78, 5) is 12.2. The molecule has 2 aromatic carbocycles. The maximum atomic E-state index is 12.2. The van der Waals surface area contributed by atoms with Crippen molar-refractivity contribution in [1.29, 1.82) is 0 Å². The summed E-state index contributed by atoms with van der Waals surface area (Å²) in [7, 11) is 0. The van der Waals surface area contributed by atoms with Crippen molar-refractivity contribution in [2.45, 2.75) is 13.5 Å². The molecule has 2 N–H and O–H groups in total. The van der Waals surface area contributed by atoms with Crippen molar-refractivity contribution in [2.24, 2.45) is 5.10 Å². The van der Waals surface area contributed by atoms with Gasteiger partial charge < -0.3 is 19.0 Å². The Morgan fingerprint density at radius 1 is 1.21 bits per heavy atom. The molecule has 0 aliphatic heterocycles. The van der Waals surface area contributed by atoms with Crippen molar-refractivity contribution in [1.82, 2.24) is 5.43 Å². The van der Waals surface area contributed by atoms with Crippen LogP contribution in [0.2, 0.25) is 5.02 Å². The van der Waals surface area contributed by atoms with Crippen molar-refractivity contribution >= 4 is 23.7 Å². The van der Waals surface area contributed by atoms with Crippen LogP contribution in [0.3, 0.4) is 0 Å². The second kappa shape index (κ2) is 9.66. The van der Waals surface area contributed by atoms with Gasteiger partial charge in [0.2, 0.25) is 0 Å². The van der Waals surface area contributed by atoms with Crippen LogP contribution in [0.5, 0.6) is 17.2 Å². The SMILES string of the molecule is CCOc1cc(/C=N/NC(=O)c2ccc(COc3ccccc3)o2)cc(Cl)c1O. The molecule has 0 fully saturated rings. The number of ether oxygens (including phenoxy) is 2. The van der Waals surface area contributed by atoms with E-state index in [0.717, 1.165) is 0 Å². The molecule has 3 rings (SSSR count). The van der Waals surface area contributed by atoms with Crippen molar-refractivity contribution in [2.75, 3.05) is 6.61 Å². The minimum absolute atomic E-state index is 0.104. The molecule has 0 aliphatic rings. The van der Waals surface area contributed by atoms with Gasteiger partial charge in [0.05, 0.1) is 17.8 Å². The molecule has 0 radical (unpaired) electrons. The van der Waals surface area contributed by atoms with E-state index in [4.69, 9.17) is 25.5 Å². The Labute approximate surface area is 172 Å². The number of amides is 1. The number of rotatable bonds is 8. The number of benzene rings is 2. The molecule has 0 unspecified atom stereocenters. The van der Waals surface area contributed by atoms with Crippen LogP contribution in [0.25, 0.3) is 0 Å². The lowest BCUT2D eigenvalue weighted by Gasteiger charge is -2.08. The number of phenolic OH excluding ortho intramolecular Hbond substituents is 1. The standard InChI is InChI=1S/C21H19ClN2O5/c1-2-27-19-11-14(10-17(22)20(19)25)12-23-24-21(26)18-9-8-16(29-18)13-28-15-6-4-3-5-7-15/h3-12,25H,2,13H2,1H3,(H,24,26)/b23-12+. The van der Waals surface area contributed by atoms with E-state index in [1.807, 2.05) is 30.3 Å². The van der Waals surface area contributed by atoms with Crippen molar-refractivity contribution < 1.29 is 23.8 Å². The monoisotopic (exact) mass is 414 g/mol. The van der Waals surface area contributed by atoms with E-state index in [1.165, 1.54) is 12.3 Å².